The zero-order valence-electron chi connectivity index (χ0n) is 13.9. The van der Waals surface area contributed by atoms with Gasteiger partial charge in [-0.1, -0.05) is 18.2 Å². The molecule has 5 nitrogen and oxygen atoms in total. The Morgan fingerprint density at radius 3 is 3.00 bits per heavy atom. The molecule has 1 aromatic heterocycles. The molecule has 0 fully saturated rings. The maximum Gasteiger partial charge on any atom is 0.256 e. The Kier molecular flexibility index (Phi) is 3.94. The minimum absolute atomic E-state index is 0.0158. The topological polar surface area (TPSA) is 53.6 Å². The fraction of sp³-hybridized carbons (Fsp3) is 0.389. The maximum absolute atomic E-state index is 12.8. The van der Waals surface area contributed by atoms with Crippen LogP contribution in [0.15, 0.2) is 24.3 Å². The van der Waals surface area contributed by atoms with E-state index in [1.807, 2.05) is 31.2 Å². The summed E-state index contributed by atoms with van der Waals surface area (Å²) in [6.45, 7) is 4.48. The van der Waals surface area contributed by atoms with Crippen LogP contribution in [0.4, 0.5) is 5.00 Å². The van der Waals surface area contributed by atoms with Crippen LogP contribution in [-0.4, -0.2) is 31.0 Å². The lowest BCUT2D eigenvalue weighted by Crippen LogP contribution is -2.38. The van der Waals surface area contributed by atoms with E-state index in [0.717, 1.165) is 41.4 Å². The van der Waals surface area contributed by atoms with Gasteiger partial charge in [-0.05, 0) is 32.0 Å². The van der Waals surface area contributed by atoms with Crippen molar-refractivity contribution in [3.8, 4) is 5.75 Å². The molecule has 0 saturated carbocycles. The smallest absolute Gasteiger partial charge is 0.256 e. The number of thiophene rings is 1. The van der Waals surface area contributed by atoms with Crippen molar-refractivity contribution in [3.63, 3.8) is 0 Å². The Hall–Kier alpha value is -2.05. The van der Waals surface area contributed by atoms with Crippen LogP contribution >= 0.6 is 11.3 Å². The maximum atomic E-state index is 12.8. The molecule has 1 aromatic carbocycles. The van der Waals surface area contributed by atoms with Crippen LogP contribution in [0.3, 0.4) is 0 Å². The molecule has 4 rings (SSSR count). The number of para-hydroxylation sites is 1. The Morgan fingerprint density at radius 1 is 1.33 bits per heavy atom. The van der Waals surface area contributed by atoms with Gasteiger partial charge >= 0.3 is 0 Å². The average molecular weight is 343 g/mol. The van der Waals surface area contributed by atoms with Gasteiger partial charge in [0.25, 0.3) is 5.91 Å². The van der Waals surface area contributed by atoms with Crippen LogP contribution < -0.4 is 15.4 Å². The summed E-state index contributed by atoms with van der Waals surface area (Å²) in [5.74, 6) is 0.824. The molecule has 0 saturated heterocycles. The van der Waals surface area contributed by atoms with E-state index in [9.17, 15) is 4.79 Å². The van der Waals surface area contributed by atoms with Crippen LogP contribution in [0.5, 0.6) is 5.75 Å². The van der Waals surface area contributed by atoms with E-state index in [1.54, 1.807) is 11.3 Å². The van der Waals surface area contributed by atoms with E-state index in [2.05, 4.69) is 22.6 Å². The first-order valence-electron chi connectivity index (χ1n) is 8.29. The molecular formula is C18H21N3O2S. The van der Waals surface area contributed by atoms with Gasteiger partial charge in [-0.3, -0.25) is 4.79 Å². The van der Waals surface area contributed by atoms with E-state index in [0.29, 0.717) is 6.61 Å². The molecule has 0 bridgehead atoms. The van der Waals surface area contributed by atoms with Crippen LogP contribution in [0, 0.1) is 0 Å². The minimum Gasteiger partial charge on any atom is -0.493 e. The first-order valence-corrected chi connectivity index (χ1v) is 9.11. The highest BCUT2D eigenvalue weighted by molar-refractivity contribution is 7.16. The number of nitrogens with one attached hydrogen (secondary N) is 2. The Balaban J connectivity index is 1.69. The first-order chi connectivity index (χ1) is 11.7. The quantitative estimate of drug-likeness (QED) is 0.900. The monoisotopic (exact) mass is 343 g/mol. The zero-order valence-corrected chi connectivity index (χ0v) is 14.7. The highest BCUT2D eigenvalue weighted by Crippen LogP contribution is 2.41. The van der Waals surface area contributed by atoms with Crippen molar-refractivity contribution in [1.82, 2.24) is 10.2 Å². The van der Waals surface area contributed by atoms with Crippen LogP contribution in [-0.2, 0) is 13.0 Å². The summed E-state index contributed by atoms with van der Waals surface area (Å²) in [6, 6.07) is 7.85. The Labute approximate surface area is 145 Å². The Morgan fingerprint density at radius 2 is 2.17 bits per heavy atom. The number of carbonyl (C=O) groups excluding carboxylic acids is 1. The number of rotatable bonds is 3. The standard InChI is InChI=1S/C18H21N3O2S/c1-3-23-13-7-5-4-6-11(13)16-19-17(22)15-12-8-9-21(2)10-14(12)24-18(15)20-16/h4-7,16,20H,3,8-10H2,1-2H3,(H,19,22)/t16-/m1/s1. The molecule has 2 aromatic rings. The molecule has 1 amide bonds. The predicted octanol–water partition coefficient (Wildman–Crippen LogP) is 2.99. The van der Waals surface area contributed by atoms with Gasteiger partial charge in [0.1, 0.15) is 16.9 Å². The second-order valence-corrected chi connectivity index (χ2v) is 7.32. The van der Waals surface area contributed by atoms with Gasteiger partial charge in [0.05, 0.1) is 12.2 Å². The Bertz CT molecular complexity index is 787. The second-order valence-electron chi connectivity index (χ2n) is 6.22. The predicted molar refractivity (Wildman–Crippen MR) is 95.8 cm³/mol. The van der Waals surface area contributed by atoms with E-state index in [4.69, 9.17) is 4.74 Å². The number of hydrogen-bond donors (Lipinski definition) is 2. The lowest BCUT2D eigenvalue weighted by Gasteiger charge is -2.28. The summed E-state index contributed by atoms with van der Waals surface area (Å²) in [5.41, 5.74) is 3.02. The lowest BCUT2D eigenvalue weighted by molar-refractivity contribution is 0.0934. The van der Waals surface area contributed by atoms with Gasteiger partial charge in [0, 0.05) is 23.5 Å². The van der Waals surface area contributed by atoms with E-state index in [-0.39, 0.29) is 12.1 Å². The molecule has 2 aliphatic rings. The number of likely N-dealkylation sites (N-methyl/N-ethyl adjacent to an activating group) is 1. The summed E-state index contributed by atoms with van der Waals surface area (Å²) in [7, 11) is 2.12. The number of benzene rings is 1. The van der Waals surface area contributed by atoms with Gasteiger partial charge < -0.3 is 20.3 Å². The summed E-state index contributed by atoms with van der Waals surface area (Å²) in [4.78, 5) is 16.4. The van der Waals surface area contributed by atoms with E-state index < -0.39 is 0 Å². The van der Waals surface area contributed by atoms with E-state index in [1.165, 1.54) is 10.4 Å². The third-order valence-electron chi connectivity index (χ3n) is 4.56. The van der Waals surface area contributed by atoms with Crippen LogP contribution in [0.2, 0.25) is 0 Å². The molecule has 2 N–H and O–H groups in total. The summed E-state index contributed by atoms with van der Waals surface area (Å²) >= 11 is 1.71. The van der Waals surface area contributed by atoms with Crippen molar-refractivity contribution >= 4 is 22.2 Å². The van der Waals surface area contributed by atoms with Gasteiger partial charge in [-0.25, -0.2) is 0 Å². The number of anilines is 1. The van der Waals surface area contributed by atoms with Crippen LogP contribution in [0.25, 0.3) is 0 Å². The highest BCUT2D eigenvalue weighted by Gasteiger charge is 2.33. The van der Waals surface area contributed by atoms with Crippen LogP contribution in [0.1, 0.15) is 39.5 Å². The molecule has 0 unspecified atom stereocenters. The molecule has 0 spiro atoms. The largest absolute Gasteiger partial charge is 0.493 e. The molecule has 1 atom stereocenters. The molecule has 126 valence electrons. The number of hydrogen-bond acceptors (Lipinski definition) is 5. The van der Waals surface area contributed by atoms with Crippen molar-refractivity contribution in [2.24, 2.45) is 0 Å². The van der Waals surface area contributed by atoms with Crippen molar-refractivity contribution < 1.29 is 9.53 Å². The number of ether oxygens (including phenoxy) is 1. The number of amides is 1. The van der Waals surface area contributed by atoms with Crippen molar-refractivity contribution in [1.29, 1.82) is 0 Å². The zero-order chi connectivity index (χ0) is 16.7. The van der Waals surface area contributed by atoms with Crippen molar-refractivity contribution in [3.05, 3.63) is 45.8 Å². The molecular weight excluding hydrogens is 322 g/mol. The van der Waals surface area contributed by atoms with E-state index >= 15 is 0 Å². The number of fused-ring (bicyclic) bond motifs is 3. The molecule has 0 radical (unpaired) electrons. The van der Waals surface area contributed by atoms with Gasteiger partial charge in [0.15, 0.2) is 0 Å². The molecule has 24 heavy (non-hydrogen) atoms. The second kappa shape index (κ2) is 6.11. The summed E-state index contributed by atoms with van der Waals surface area (Å²) in [5, 5.41) is 7.58. The molecule has 6 heteroatoms. The van der Waals surface area contributed by atoms with Gasteiger partial charge in [-0.15, -0.1) is 11.3 Å². The first kappa shape index (κ1) is 15.5. The van der Waals surface area contributed by atoms with Gasteiger partial charge in [0.2, 0.25) is 0 Å². The third-order valence-corrected chi connectivity index (χ3v) is 5.70. The number of carbonyl (C=O) groups is 1. The van der Waals surface area contributed by atoms with Gasteiger partial charge in [-0.2, -0.15) is 0 Å². The normalized spacial score (nSPS) is 19.9. The average Bonchev–Trinajstić information content (AvgIpc) is 2.93. The summed E-state index contributed by atoms with van der Waals surface area (Å²) < 4.78 is 5.71. The highest BCUT2D eigenvalue weighted by atomic mass is 32.1. The fourth-order valence-corrected chi connectivity index (χ4v) is 4.76. The van der Waals surface area contributed by atoms with Crippen molar-refractivity contribution in [2.75, 3.05) is 25.5 Å². The number of nitrogens with zero attached hydrogens (tertiary/aromatic N) is 1. The summed E-state index contributed by atoms with van der Waals surface area (Å²) in [6.07, 6.45) is 0.679. The minimum atomic E-state index is -0.259. The molecule has 3 heterocycles. The SMILES string of the molecule is CCOc1ccccc1[C@@H]1NC(=O)c2c(sc3c2CCN(C)C3)N1. The lowest BCUT2D eigenvalue weighted by atomic mass is 10.0. The third kappa shape index (κ3) is 2.56. The molecule has 0 aliphatic carbocycles. The fourth-order valence-electron chi connectivity index (χ4n) is 3.40. The van der Waals surface area contributed by atoms with Crippen molar-refractivity contribution in [2.45, 2.75) is 26.1 Å². The molecule has 2 aliphatic heterocycles.